The van der Waals surface area contributed by atoms with Crippen LogP contribution in [0.2, 0.25) is 0 Å². The largest absolute Gasteiger partial charge is 0.462 e. The van der Waals surface area contributed by atoms with Crippen LogP contribution in [0.5, 0.6) is 0 Å². The fourth-order valence-corrected chi connectivity index (χ4v) is 1.82. The lowest BCUT2D eigenvalue weighted by molar-refractivity contribution is 0.0521. The maximum absolute atomic E-state index is 12.2. The van der Waals surface area contributed by atoms with Gasteiger partial charge in [0, 0.05) is 12.7 Å². The first-order chi connectivity index (χ1) is 10.2. The molecule has 2 aromatic rings. The van der Waals surface area contributed by atoms with Crippen LogP contribution in [0, 0.1) is 0 Å². The van der Waals surface area contributed by atoms with Crippen LogP contribution in [0.4, 0.5) is 0 Å². The number of ether oxygens (including phenoxy) is 1. The van der Waals surface area contributed by atoms with Crippen molar-refractivity contribution < 1.29 is 14.3 Å². The van der Waals surface area contributed by atoms with Crippen LogP contribution < -0.4 is 5.32 Å². The normalized spacial score (nSPS) is 9.95. The van der Waals surface area contributed by atoms with Crippen LogP contribution in [-0.4, -0.2) is 23.5 Å². The summed E-state index contributed by atoms with van der Waals surface area (Å²) in [5, 5.41) is 2.74. The average molecular weight is 284 g/mol. The van der Waals surface area contributed by atoms with Gasteiger partial charge < -0.3 is 10.1 Å². The third-order valence-electron chi connectivity index (χ3n) is 2.81. The Hall–Kier alpha value is -2.69. The highest BCUT2D eigenvalue weighted by Gasteiger charge is 2.18. The number of hydrogen-bond acceptors (Lipinski definition) is 4. The van der Waals surface area contributed by atoms with E-state index in [0.717, 1.165) is 5.56 Å². The molecule has 2 rings (SSSR count). The minimum atomic E-state index is -0.546. The maximum atomic E-state index is 12.2. The molecule has 0 saturated carbocycles. The third-order valence-corrected chi connectivity index (χ3v) is 2.81. The molecule has 0 atom stereocenters. The highest BCUT2D eigenvalue weighted by Crippen LogP contribution is 2.08. The number of pyridine rings is 1. The SMILES string of the molecule is CCOC(=O)c1cccnc1C(=O)NCc1ccccc1. The Labute approximate surface area is 123 Å². The summed E-state index contributed by atoms with van der Waals surface area (Å²) in [6.07, 6.45) is 1.47. The molecule has 0 fully saturated rings. The molecule has 5 nitrogen and oxygen atoms in total. The van der Waals surface area contributed by atoms with E-state index in [1.165, 1.54) is 12.3 Å². The summed E-state index contributed by atoms with van der Waals surface area (Å²) in [4.78, 5) is 27.9. The summed E-state index contributed by atoms with van der Waals surface area (Å²) < 4.78 is 4.92. The van der Waals surface area contributed by atoms with Gasteiger partial charge in [-0.1, -0.05) is 30.3 Å². The summed E-state index contributed by atoms with van der Waals surface area (Å²) in [5.41, 5.74) is 1.22. The van der Waals surface area contributed by atoms with Gasteiger partial charge in [0.25, 0.3) is 5.91 Å². The second-order valence-corrected chi connectivity index (χ2v) is 4.29. The molecule has 0 saturated heterocycles. The second kappa shape index (κ2) is 7.19. The van der Waals surface area contributed by atoms with Crippen LogP contribution in [0.25, 0.3) is 0 Å². The van der Waals surface area contributed by atoms with E-state index in [0.29, 0.717) is 6.54 Å². The maximum Gasteiger partial charge on any atom is 0.340 e. The number of carbonyl (C=O) groups excluding carboxylic acids is 2. The van der Waals surface area contributed by atoms with Crippen molar-refractivity contribution in [2.24, 2.45) is 0 Å². The van der Waals surface area contributed by atoms with Gasteiger partial charge in [-0.25, -0.2) is 4.79 Å². The molecule has 1 amide bonds. The summed E-state index contributed by atoms with van der Waals surface area (Å²) in [6, 6.07) is 12.6. The predicted octanol–water partition coefficient (Wildman–Crippen LogP) is 2.19. The lowest BCUT2D eigenvalue weighted by Gasteiger charge is -2.08. The molecule has 1 N–H and O–H groups in total. The van der Waals surface area contributed by atoms with Gasteiger partial charge in [-0.3, -0.25) is 9.78 Å². The Morgan fingerprint density at radius 2 is 1.90 bits per heavy atom. The molecule has 0 radical (unpaired) electrons. The van der Waals surface area contributed by atoms with E-state index in [1.54, 1.807) is 13.0 Å². The summed E-state index contributed by atoms with van der Waals surface area (Å²) in [6.45, 7) is 2.33. The molecule has 0 aliphatic heterocycles. The van der Waals surface area contributed by atoms with Crippen LogP contribution in [-0.2, 0) is 11.3 Å². The van der Waals surface area contributed by atoms with Crippen molar-refractivity contribution in [1.82, 2.24) is 10.3 Å². The Balaban J connectivity index is 2.10. The molecule has 0 aliphatic carbocycles. The van der Waals surface area contributed by atoms with Crippen molar-refractivity contribution in [3.05, 3.63) is 65.5 Å². The molecular weight excluding hydrogens is 268 g/mol. The molecule has 1 aromatic carbocycles. The van der Waals surface area contributed by atoms with Gasteiger partial charge in [-0.2, -0.15) is 0 Å². The molecule has 0 aliphatic rings. The zero-order valence-electron chi connectivity index (χ0n) is 11.7. The lowest BCUT2D eigenvalue weighted by atomic mass is 10.1. The highest BCUT2D eigenvalue weighted by molar-refractivity contribution is 6.03. The molecule has 5 heteroatoms. The summed E-state index contributed by atoms with van der Waals surface area (Å²) >= 11 is 0. The number of nitrogens with one attached hydrogen (secondary N) is 1. The number of rotatable bonds is 5. The van der Waals surface area contributed by atoms with E-state index in [-0.39, 0.29) is 17.9 Å². The van der Waals surface area contributed by atoms with Gasteiger partial charge in [0.1, 0.15) is 5.69 Å². The number of amides is 1. The van der Waals surface area contributed by atoms with Crippen molar-refractivity contribution in [1.29, 1.82) is 0 Å². The minimum absolute atomic E-state index is 0.0758. The topological polar surface area (TPSA) is 68.3 Å². The average Bonchev–Trinajstić information content (AvgIpc) is 2.54. The van der Waals surface area contributed by atoms with Crippen LogP contribution in [0.1, 0.15) is 33.3 Å². The predicted molar refractivity (Wildman–Crippen MR) is 77.8 cm³/mol. The standard InChI is InChI=1S/C16H16N2O3/c1-2-21-16(20)13-9-6-10-17-14(13)15(19)18-11-12-7-4-3-5-8-12/h3-10H,2,11H2,1H3,(H,18,19). The molecule has 0 bridgehead atoms. The van der Waals surface area contributed by atoms with E-state index >= 15 is 0 Å². The molecule has 21 heavy (non-hydrogen) atoms. The molecular formula is C16H16N2O3. The minimum Gasteiger partial charge on any atom is -0.462 e. The fraction of sp³-hybridized carbons (Fsp3) is 0.188. The Morgan fingerprint density at radius 3 is 2.62 bits per heavy atom. The van der Waals surface area contributed by atoms with E-state index < -0.39 is 11.9 Å². The van der Waals surface area contributed by atoms with Crippen LogP contribution in [0.3, 0.4) is 0 Å². The van der Waals surface area contributed by atoms with Gasteiger partial charge in [-0.15, -0.1) is 0 Å². The molecule has 1 heterocycles. The van der Waals surface area contributed by atoms with Crippen LogP contribution >= 0.6 is 0 Å². The zero-order valence-corrected chi connectivity index (χ0v) is 11.7. The third kappa shape index (κ3) is 3.89. The summed E-state index contributed by atoms with van der Waals surface area (Å²) in [7, 11) is 0. The smallest absolute Gasteiger partial charge is 0.340 e. The first-order valence-electron chi connectivity index (χ1n) is 6.66. The quantitative estimate of drug-likeness (QED) is 0.855. The van der Waals surface area contributed by atoms with E-state index in [4.69, 9.17) is 4.74 Å². The molecule has 108 valence electrons. The first kappa shape index (κ1) is 14.7. The number of nitrogens with zero attached hydrogens (tertiary/aromatic N) is 1. The number of hydrogen-bond donors (Lipinski definition) is 1. The lowest BCUT2D eigenvalue weighted by Crippen LogP contribution is -2.26. The number of benzene rings is 1. The van der Waals surface area contributed by atoms with Gasteiger partial charge in [-0.05, 0) is 24.6 Å². The van der Waals surface area contributed by atoms with Crippen molar-refractivity contribution in [3.63, 3.8) is 0 Å². The van der Waals surface area contributed by atoms with Crippen molar-refractivity contribution in [3.8, 4) is 0 Å². The van der Waals surface area contributed by atoms with Gasteiger partial charge in [0.15, 0.2) is 0 Å². The highest BCUT2D eigenvalue weighted by atomic mass is 16.5. The van der Waals surface area contributed by atoms with E-state index in [9.17, 15) is 9.59 Å². The first-order valence-corrected chi connectivity index (χ1v) is 6.66. The molecule has 0 spiro atoms. The number of esters is 1. The van der Waals surface area contributed by atoms with Gasteiger partial charge >= 0.3 is 5.97 Å². The number of aromatic nitrogens is 1. The summed E-state index contributed by atoms with van der Waals surface area (Å²) in [5.74, 6) is -0.946. The molecule has 0 unspecified atom stereocenters. The Morgan fingerprint density at radius 1 is 1.14 bits per heavy atom. The Kier molecular flexibility index (Phi) is 5.04. The fourth-order valence-electron chi connectivity index (χ4n) is 1.82. The molecule has 1 aromatic heterocycles. The monoisotopic (exact) mass is 284 g/mol. The number of carbonyl (C=O) groups is 2. The van der Waals surface area contributed by atoms with Crippen molar-refractivity contribution >= 4 is 11.9 Å². The van der Waals surface area contributed by atoms with Gasteiger partial charge in [0.2, 0.25) is 0 Å². The Bertz CT molecular complexity index is 626. The van der Waals surface area contributed by atoms with Gasteiger partial charge in [0.05, 0.1) is 12.2 Å². The van der Waals surface area contributed by atoms with E-state index in [2.05, 4.69) is 10.3 Å². The second-order valence-electron chi connectivity index (χ2n) is 4.29. The van der Waals surface area contributed by atoms with Crippen LogP contribution in [0.15, 0.2) is 48.7 Å². The zero-order chi connectivity index (χ0) is 15.1. The van der Waals surface area contributed by atoms with Crippen molar-refractivity contribution in [2.75, 3.05) is 6.61 Å². The van der Waals surface area contributed by atoms with E-state index in [1.807, 2.05) is 30.3 Å². The van der Waals surface area contributed by atoms with Crippen molar-refractivity contribution in [2.45, 2.75) is 13.5 Å².